The van der Waals surface area contributed by atoms with Crippen molar-refractivity contribution in [2.45, 2.75) is 45.4 Å². The van der Waals surface area contributed by atoms with Crippen molar-refractivity contribution in [3.63, 3.8) is 0 Å². The summed E-state index contributed by atoms with van der Waals surface area (Å²) in [5.74, 6) is -0.134. The number of nitrogens with zero attached hydrogens (tertiary/aromatic N) is 2. The van der Waals surface area contributed by atoms with Crippen molar-refractivity contribution in [2.75, 3.05) is 6.54 Å². The Morgan fingerprint density at radius 3 is 2.52 bits per heavy atom. The van der Waals surface area contributed by atoms with E-state index in [1.165, 1.54) is 17.9 Å². The summed E-state index contributed by atoms with van der Waals surface area (Å²) in [7, 11) is 0. The molecule has 27 heavy (non-hydrogen) atoms. The monoisotopic (exact) mass is 384 g/mol. The van der Waals surface area contributed by atoms with E-state index in [4.69, 9.17) is 4.74 Å². The molecule has 0 unspecified atom stereocenters. The molecule has 1 aromatic rings. The third kappa shape index (κ3) is 3.05. The van der Waals surface area contributed by atoms with E-state index < -0.39 is 17.3 Å². The molecule has 0 saturated carbocycles. The van der Waals surface area contributed by atoms with Gasteiger partial charge >= 0.3 is 6.18 Å². The maximum atomic E-state index is 13.4. The van der Waals surface area contributed by atoms with Crippen LogP contribution in [-0.4, -0.2) is 39.6 Å². The van der Waals surface area contributed by atoms with Crippen LogP contribution in [0.2, 0.25) is 0 Å². The number of likely N-dealkylation sites (tertiary alicyclic amines) is 1. The van der Waals surface area contributed by atoms with Crippen LogP contribution in [-0.2, 0) is 15.8 Å². The topological polar surface area (TPSA) is 70.1 Å². The quantitative estimate of drug-likeness (QED) is 0.493. The highest BCUT2D eigenvalue weighted by atomic mass is 19.4. The number of hydrogen-bond donors (Lipinski definition) is 1. The number of amides is 2. The Morgan fingerprint density at radius 2 is 2.00 bits per heavy atom. The van der Waals surface area contributed by atoms with Crippen molar-refractivity contribution in [1.29, 1.82) is 0 Å². The zero-order valence-electron chi connectivity index (χ0n) is 15.1. The van der Waals surface area contributed by atoms with Gasteiger partial charge in [0.2, 0.25) is 12.3 Å². The third-order valence-electron chi connectivity index (χ3n) is 4.80. The standard InChI is InChI=1S/C18H19F3N2O4/c1-10-11(18(19,20)21)6-7-12-14(10)15(22-8-4-5-13(22)25)16(23(26)9-24)17(2,3)27-12/h6-7,9,26H,4-5,8H2,1-3H3. The van der Waals surface area contributed by atoms with Crippen molar-refractivity contribution in [3.05, 3.63) is 34.5 Å². The smallest absolute Gasteiger partial charge is 0.416 e. The van der Waals surface area contributed by atoms with Crippen LogP contribution in [0.3, 0.4) is 0 Å². The molecular formula is C18H19F3N2O4. The molecule has 1 N–H and O–H groups in total. The van der Waals surface area contributed by atoms with Gasteiger partial charge in [-0.25, -0.2) is 0 Å². The highest BCUT2D eigenvalue weighted by Gasteiger charge is 2.45. The minimum Gasteiger partial charge on any atom is -0.481 e. The number of hydroxylamine groups is 2. The van der Waals surface area contributed by atoms with Gasteiger partial charge in [-0.15, -0.1) is 0 Å². The lowest BCUT2D eigenvalue weighted by molar-refractivity contribution is -0.147. The van der Waals surface area contributed by atoms with Crippen molar-refractivity contribution in [1.82, 2.24) is 9.96 Å². The molecule has 146 valence electrons. The second-order valence-corrected chi connectivity index (χ2v) is 7.02. The summed E-state index contributed by atoms with van der Waals surface area (Å²) >= 11 is 0. The van der Waals surface area contributed by atoms with Crippen LogP contribution in [0.1, 0.15) is 43.4 Å². The molecule has 0 radical (unpaired) electrons. The molecule has 2 amide bonds. The summed E-state index contributed by atoms with van der Waals surface area (Å²) in [4.78, 5) is 25.0. The van der Waals surface area contributed by atoms with E-state index >= 15 is 0 Å². The van der Waals surface area contributed by atoms with Crippen LogP contribution < -0.4 is 4.74 Å². The molecule has 2 aliphatic heterocycles. The molecule has 2 heterocycles. The zero-order valence-corrected chi connectivity index (χ0v) is 15.1. The average molecular weight is 384 g/mol. The number of carbonyl (C=O) groups excluding carboxylic acids is 2. The molecule has 1 fully saturated rings. The minimum atomic E-state index is -4.60. The fraction of sp³-hybridized carbons (Fsp3) is 0.444. The van der Waals surface area contributed by atoms with E-state index in [1.54, 1.807) is 13.8 Å². The van der Waals surface area contributed by atoms with Crippen LogP contribution in [0, 0.1) is 6.92 Å². The second-order valence-electron chi connectivity index (χ2n) is 7.02. The first kappa shape index (κ1) is 19.2. The molecule has 3 rings (SSSR count). The van der Waals surface area contributed by atoms with Gasteiger partial charge < -0.3 is 9.64 Å². The lowest BCUT2D eigenvalue weighted by Gasteiger charge is -2.41. The largest absolute Gasteiger partial charge is 0.481 e. The van der Waals surface area contributed by atoms with Crippen LogP contribution in [0.15, 0.2) is 17.8 Å². The Bertz CT molecular complexity index is 846. The number of carbonyl (C=O) groups is 2. The van der Waals surface area contributed by atoms with Gasteiger partial charge in [0.05, 0.1) is 11.3 Å². The van der Waals surface area contributed by atoms with Crippen molar-refractivity contribution >= 4 is 18.0 Å². The Hall–Kier alpha value is -2.55. The number of hydrogen-bond acceptors (Lipinski definition) is 4. The summed E-state index contributed by atoms with van der Waals surface area (Å²) in [6.45, 7) is 4.68. The van der Waals surface area contributed by atoms with Gasteiger partial charge in [-0.1, -0.05) is 0 Å². The van der Waals surface area contributed by atoms with E-state index in [-0.39, 0.29) is 58.6 Å². The predicted octanol–water partition coefficient (Wildman–Crippen LogP) is 3.32. The summed E-state index contributed by atoms with van der Waals surface area (Å²) in [5, 5.41) is 10.4. The molecule has 0 atom stereocenters. The fourth-order valence-corrected chi connectivity index (χ4v) is 3.68. The minimum absolute atomic E-state index is 0.0512. The van der Waals surface area contributed by atoms with E-state index in [9.17, 15) is 28.0 Å². The molecule has 9 heteroatoms. The van der Waals surface area contributed by atoms with E-state index in [2.05, 4.69) is 0 Å². The van der Waals surface area contributed by atoms with Gasteiger partial charge in [0.25, 0.3) is 0 Å². The van der Waals surface area contributed by atoms with Crippen LogP contribution in [0.4, 0.5) is 13.2 Å². The van der Waals surface area contributed by atoms with Crippen molar-refractivity contribution < 1.29 is 32.7 Å². The predicted molar refractivity (Wildman–Crippen MR) is 88.4 cm³/mol. The number of ether oxygens (including phenoxy) is 1. The number of halogens is 3. The molecule has 0 aliphatic carbocycles. The van der Waals surface area contributed by atoms with Gasteiger partial charge in [-0.05, 0) is 44.9 Å². The highest BCUT2D eigenvalue weighted by molar-refractivity contribution is 5.92. The molecule has 1 aromatic carbocycles. The van der Waals surface area contributed by atoms with Crippen molar-refractivity contribution in [3.8, 4) is 5.75 Å². The first-order chi connectivity index (χ1) is 12.5. The van der Waals surface area contributed by atoms with Gasteiger partial charge in [0.1, 0.15) is 17.0 Å². The normalized spacial score (nSPS) is 19.1. The first-order valence-corrected chi connectivity index (χ1v) is 8.37. The van der Waals surface area contributed by atoms with Gasteiger partial charge in [0.15, 0.2) is 0 Å². The Kier molecular flexibility index (Phi) is 4.46. The Labute approximate surface area is 153 Å². The summed E-state index contributed by atoms with van der Waals surface area (Å²) in [6.07, 6.45) is -3.72. The molecule has 0 bridgehead atoms. The van der Waals surface area contributed by atoms with E-state index in [0.717, 1.165) is 6.07 Å². The zero-order chi connectivity index (χ0) is 20.1. The molecular weight excluding hydrogens is 365 g/mol. The van der Waals surface area contributed by atoms with Crippen LogP contribution in [0.5, 0.6) is 5.75 Å². The van der Waals surface area contributed by atoms with Crippen LogP contribution >= 0.6 is 0 Å². The lowest BCUT2D eigenvalue weighted by atomic mass is 9.89. The maximum Gasteiger partial charge on any atom is 0.416 e. The van der Waals surface area contributed by atoms with Crippen LogP contribution in [0.25, 0.3) is 5.70 Å². The number of alkyl halides is 3. The summed E-state index contributed by atoms with van der Waals surface area (Å²) < 4.78 is 46.1. The first-order valence-electron chi connectivity index (χ1n) is 8.37. The third-order valence-corrected chi connectivity index (χ3v) is 4.80. The highest BCUT2D eigenvalue weighted by Crippen LogP contribution is 2.48. The van der Waals surface area contributed by atoms with E-state index in [1.807, 2.05) is 0 Å². The number of rotatable bonds is 3. The molecule has 6 nitrogen and oxygen atoms in total. The molecule has 0 spiro atoms. The molecule has 2 aliphatic rings. The second kappa shape index (κ2) is 6.26. The fourth-order valence-electron chi connectivity index (χ4n) is 3.68. The molecule has 1 saturated heterocycles. The maximum absolute atomic E-state index is 13.4. The van der Waals surface area contributed by atoms with Gasteiger partial charge in [-0.2, -0.15) is 18.2 Å². The summed E-state index contributed by atoms with van der Waals surface area (Å²) in [5.41, 5.74) is -2.22. The lowest BCUT2D eigenvalue weighted by Crippen LogP contribution is -2.45. The van der Waals surface area contributed by atoms with Gasteiger partial charge in [-0.3, -0.25) is 14.8 Å². The van der Waals surface area contributed by atoms with Crippen molar-refractivity contribution in [2.24, 2.45) is 0 Å². The summed E-state index contributed by atoms with van der Waals surface area (Å²) in [6, 6.07) is 2.13. The number of fused-ring (bicyclic) bond motifs is 1. The Morgan fingerprint density at radius 1 is 1.33 bits per heavy atom. The van der Waals surface area contributed by atoms with E-state index in [0.29, 0.717) is 6.42 Å². The average Bonchev–Trinajstić information content (AvgIpc) is 2.97. The molecule has 0 aromatic heterocycles. The number of benzene rings is 1. The SMILES string of the molecule is Cc1c(C(F)(F)F)ccc2c1C(N1CCCC1=O)=C(N(O)C=O)C(C)(C)O2. The Balaban J connectivity index is 2.39. The van der Waals surface area contributed by atoms with Gasteiger partial charge in [0, 0.05) is 18.5 Å².